The summed E-state index contributed by atoms with van der Waals surface area (Å²) in [6.07, 6.45) is -4.52. The predicted molar refractivity (Wildman–Crippen MR) is 96.2 cm³/mol. The molecule has 0 aliphatic heterocycles. The Labute approximate surface area is 160 Å². The van der Waals surface area contributed by atoms with Crippen molar-refractivity contribution in [1.29, 1.82) is 0 Å². The molecular weight excluding hydrogens is 397 g/mol. The van der Waals surface area contributed by atoms with Gasteiger partial charge in [-0.05, 0) is 42.9 Å². The number of amides is 1. The number of halogens is 3. The zero-order valence-electron chi connectivity index (χ0n) is 15.1. The van der Waals surface area contributed by atoms with Gasteiger partial charge in [0.1, 0.15) is 0 Å². The summed E-state index contributed by atoms with van der Waals surface area (Å²) in [6.45, 7) is -0.0679. The third-order valence-corrected chi connectivity index (χ3v) is 5.34. The minimum atomic E-state index is -4.52. The van der Waals surface area contributed by atoms with Crippen LogP contribution >= 0.6 is 0 Å². The molecular formula is C18H19F3N2O4S. The highest BCUT2D eigenvalue weighted by Crippen LogP contribution is 2.31. The first kappa shape index (κ1) is 21.9. The first-order valence-corrected chi connectivity index (χ1v) is 9.57. The molecule has 2 N–H and O–H groups in total. The van der Waals surface area contributed by atoms with Crippen LogP contribution in [0.15, 0.2) is 53.4 Å². The fourth-order valence-corrected chi connectivity index (χ4v) is 3.26. The molecule has 2 rings (SSSR count). The summed E-state index contributed by atoms with van der Waals surface area (Å²) >= 11 is 0. The molecule has 0 aromatic heterocycles. The molecule has 152 valence electrons. The van der Waals surface area contributed by atoms with E-state index in [-0.39, 0.29) is 22.6 Å². The summed E-state index contributed by atoms with van der Waals surface area (Å²) in [7, 11) is -1.15. The van der Waals surface area contributed by atoms with Gasteiger partial charge in [-0.3, -0.25) is 4.79 Å². The molecule has 10 heteroatoms. The fraction of sp³-hybridized carbons (Fsp3) is 0.278. The van der Waals surface area contributed by atoms with Gasteiger partial charge in [0.25, 0.3) is 5.91 Å². The van der Waals surface area contributed by atoms with E-state index in [0.717, 1.165) is 12.1 Å². The molecule has 0 fully saturated rings. The van der Waals surface area contributed by atoms with Crippen LogP contribution in [-0.2, 0) is 20.9 Å². The third-order valence-electron chi connectivity index (χ3n) is 3.93. The number of nitrogens with one attached hydrogen (secondary N) is 2. The van der Waals surface area contributed by atoms with Crippen molar-refractivity contribution in [2.24, 2.45) is 0 Å². The van der Waals surface area contributed by atoms with Gasteiger partial charge < -0.3 is 10.1 Å². The Kier molecular flexibility index (Phi) is 6.81. The normalized spacial score (nSPS) is 13.2. The maximum atomic E-state index is 13.0. The monoisotopic (exact) mass is 416 g/mol. The standard InChI is InChI=1S/C18H19F3N2O4S/c1-22-28(25,26)15-8-4-6-13(10-15)17(24)23-16(11-27-2)12-5-3-7-14(9-12)18(19,20)21/h3-10,16,22H,11H2,1-2H3,(H,23,24). The van der Waals surface area contributed by atoms with Crippen molar-refractivity contribution in [2.75, 3.05) is 20.8 Å². The lowest BCUT2D eigenvalue weighted by atomic mass is 10.0. The summed E-state index contributed by atoms with van der Waals surface area (Å²) in [6, 6.07) is 9.00. The van der Waals surface area contributed by atoms with Gasteiger partial charge in [0.2, 0.25) is 10.0 Å². The Morgan fingerprint density at radius 1 is 1.14 bits per heavy atom. The van der Waals surface area contributed by atoms with Crippen molar-refractivity contribution >= 4 is 15.9 Å². The topological polar surface area (TPSA) is 84.5 Å². The van der Waals surface area contributed by atoms with Crippen LogP contribution in [0.2, 0.25) is 0 Å². The molecule has 2 aromatic carbocycles. The van der Waals surface area contributed by atoms with Crippen molar-refractivity contribution in [1.82, 2.24) is 10.0 Å². The number of carbonyl (C=O) groups is 1. The maximum absolute atomic E-state index is 13.0. The Morgan fingerprint density at radius 3 is 2.43 bits per heavy atom. The molecule has 1 unspecified atom stereocenters. The number of benzene rings is 2. The van der Waals surface area contributed by atoms with Gasteiger partial charge in [0, 0.05) is 12.7 Å². The first-order chi connectivity index (χ1) is 13.1. The SMILES string of the molecule is CNS(=O)(=O)c1cccc(C(=O)NC(COC)c2cccc(C(F)(F)F)c2)c1. The van der Waals surface area contributed by atoms with Gasteiger partial charge in [-0.15, -0.1) is 0 Å². The van der Waals surface area contributed by atoms with Crippen molar-refractivity contribution in [3.8, 4) is 0 Å². The average Bonchev–Trinajstić information content (AvgIpc) is 2.67. The summed E-state index contributed by atoms with van der Waals surface area (Å²) in [4.78, 5) is 12.4. The fourth-order valence-electron chi connectivity index (χ4n) is 2.48. The van der Waals surface area contributed by atoms with Gasteiger partial charge >= 0.3 is 6.18 Å². The highest BCUT2D eigenvalue weighted by atomic mass is 32.2. The van der Waals surface area contributed by atoms with Crippen molar-refractivity contribution < 1.29 is 31.1 Å². The zero-order chi connectivity index (χ0) is 20.9. The summed E-state index contributed by atoms with van der Waals surface area (Å²) in [5.74, 6) is -0.646. The first-order valence-electron chi connectivity index (χ1n) is 8.09. The minimum Gasteiger partial charge on any atom is -0.382 e. The van der Waals surface area contributed by atoms with E-state index in [9.17, 15) is 26.4 Å². The third kappa shape index (κ3) is 5.31. The van der Waals surface area contributed by atoms with E-state index in [0.29, 0.717) is 0 Å². The summed E-state index contributed by atoms with van der Waals surface area (Å²) in [5, 5.41) is 2.58. The molecule has 0 heterocycles. The van der Waals surface area contributed by atoms with Gasteiger partial charge in [0.15, 0.2) is 0 Å². The van der Waals surface area contributed by atoms with Crippen LogP contribution in [0.5, 0.6) is 0 Å². The van der Waals surface area contributed by atoms with E-state index in [1.165, 1.54) is 50.6 Å². The van der Waals surface area contributed by atoms with Crippen LogP contribution in [0.4, 0.5) is 13.2 Å². The molecule has 0 bridgehead atoms. The molecule has 0 aliphatic rings. The van der Waals surface area contributed by atoms with E-state index in [1.54, 1.807) is 0 Å². The minimum absolute atomic E-state index is 0.0457. The largest absolute Gasteiger partial charge is 0.416 e. The second kappa shape index (κ2) is 8.72. The highest BCUT2D eigenvalue weighted by Gasteiger charge is 2.31. The number of ether oxygens (including phenoxy) is 1. The predicted octanol–water partition coefficient (Wildman–Crippen LogP) is 2.73. The lowest BCUT2D eigenvalue weighted by molar-refractivity contribution is -0.137. The van der Waals surface area contributed by atoms with E-state index < -0.39 is 33.7 Å². The van der Waals surface area contributed by atoms with E-state index in [4.69, 9.17) is 4.74 Å². The molecule has 0 saturated heterocycles. The Bertz CT molecular complexity index is 946. The molecule has 28 heavy (non-hydrogen) atoms. The number of alkyl halides is 3. The van der Waals surface area contributed by atoms with Crippen molar-refractivity contribution in [2.45, 2.75) is 17.1 Å². The number of rotatable bonds is 7. The number of methoxy groups -OCH3 is 1. The summed E-state index contributed by atoms with van der Waals surface area (Å²) in [5.41, 5.74) is -0.587. The second-order valence-electron chi connectivity index (χ2n) is 5.84. The molecule has 1 atom stereocenters. The molecule has 1 amide bonds. The molecule has 2 aromatic rings. The maximum Gasteiger partial charge on any atom is 0.416 e. The Morgan fingerprint density at radius 2 is 1.82 bits per heavy atom. The second-order valence-corrected chi connectivity index (χ2v) is 7.73. The highest BCUT2D eigenvalue weighted by molar-refractivity contribution is 7.89. The number of carbonyl (C=O) groups excluding carboxylic acids is 1. The molecule has 6 nitrogen and oxygen atoms in total. The Hall–Kier alpha value is -2.43. The smallest absolute Gasteiger partial charge is 0.382 e. The van der Waals surface area contributed by atoms with E-state index in [1.807, 2.05) is 0 Å². The van der Waals surface area contributed by atoms with Crippen LogP contribution in [-0.4, -0.2) is 35.1 Å². The number of hydrogen-bond acceptors (Lipinski definition) is 4. The summed E-state index contributed by atoms with van der Waals surface area (Å²) < 4.78 is 69.8. The van der Waals surface area contributed by atoms with Crippen molar-refractivity contribution in [3.05, 3.63) is 65.2 Å². The van der Waals surface area contributed by atoms with Gasteiger partial charge in [-0.1, -0.05) is 18.2 Å². The lowest BCUT2D eigenvalue weighted by Gasteiger charge is -2.20. The van der Waals surface area contributed by atoms with Gasteiger partial charge in [-0.25, -0.2) is 13.1 Å². The van der Waals surface area contributed by atoms with Crippen LogP contribution < -0.4 is 10.0 Å². The number of hydrogen-bond donors (Lipinski definition) is 2. The molecule has 0 aliphatic carbocycles. The number of sulfonamides is 1. The van der Waals surface area contributed by atoms with Crippen LogP contribution in [0.1, 0.15) is 27.5 Å². The van der Waals surface area contributed by atoms with Gasteiger partial charge in [0.05, 0.1) is 23.1 Å². The molecule has 0 spiro atoms. The molecule has 0 radical (unpaired) electrons. The average molecular weight is 416 g/mol. The van der Waals surface area contributed by atoms with Crippen LogP contribution in [0, 0.1) is 0 Å². The Balaban J connectivity index is 2.30. The zero-order valence-corrected chi connectivity index (χ0v) is 15.9. The van der Waals surface area contributed by atoms with E-state index >= 15 is 0 Å². The van der Waals surface area contributed by atoms with E-state index in [2.05, 4.69) is 10.0 Å². The van der Waals surface area contributed by atoms with Crippen LogP contribution in [0.3, 0.4) is 0 Å². The van der Waals surface area contributed by atoms with Crippen LogP contribution in [0.25, 0.3) is 0 Å². The lowest BCUT2D eigenvalue weighted by Crippen LogP contribution is -2.31. The molecule has 0 saturated carbocycles. The van der Waals surface area contributed by atoms with Crippen molar-refractivity contribution in [3.63, 3.8) is 0 Å². The van der Waals surface area contributed by atoms with Gasteiger partial charge in [-0.2, -0.15) is 13.2 Å². The quantitative estimate of drug-likeness (QED) is 0.727.